The largest absolute Gasteiger partial charge is 0.356 e. The topological polar surface area (TPSA) is 26.0 Å². The van der Waals surface area contributed by atoms with Crippen LogP contribution >= 0.6 is 0 Å². The molecular formula is C15H15NO. The monoisotopic (exact) mass is 225 g/mol. The molecule has 1 aliphatic carbocycles. The van der Waals surface area contributed by atoms with Crippen molar-refractivity contribution < 1.29 is 4.52 Å². The Morgan fingerprint density at radius 1 is 1.06 bits per heavy atom. The molecule has 0 bridgehead atoms. The van der Waals surface area contributed by atoms with Crippen LogP contribution in [0.4, 0.5) is 0 Å². The molecule has 1 aliphatic rings. The van der Waals surface area contributed by atoms with Crippen LogP contribution in [-0.4, -0.2) is 5.16 Å². The van der Waals surface area contributed by atoms with Crippen molar-refractivity contribution in [2.75, 3.05) is 0 Å². The van der Waals surface area contributed by atoms with Crippen LogP contribution in [0.3, 0.4) is 0 Å². The van der Waals surface area contributed by atoms with Crippen molar-refractivity contribution in [3.63, 3.8) is 0 Å². The van der Waals surface area contributed by atoms with Crippen LogP contribution in [0.15, 0.2) is 47.0 Å². The fourth-order valence-corrected chi connectivity index (χ4v) is 2.23. The predicted molar refractivity (Wildman–Crippen MR) is 68.4 cm³/mol. The van der Waals surface area contributed by atoms with E-state index in [0.29, 0.717) is 0 Å². The Balaban J connectivity index is 1.90. The Morgan fingerprint density at radius 3 is 2.71 bits per heavy atom. The third-order valence-corrected chi connectivity index (χ3v) is 3.19. The maximum absolute atomic E-state index is 5.44. The molecule has 0 aliphatic heterocycles. The normalized spacial score (nSPS) is 15.6. The minimum atomic E-state index is 0.923. The highest BCUT2D eigenvalue weighted by Gasteiger charge is 2.12. The van der Waals surface area contributed by atoms with Crippen molar-refractivity contribution >= 4 is 5.57 Å². The zero-order valence-electron chi connectivity index (χ0n) is 9.73. The highest BCUT2D eigenvalue weighted by atomic mass is 16.5. The zero-order valence-corrected chi connectivity index (χ0v) is 9.73. The van der Waals surface area contributed by atoms with Gasteiger partial charge in [0.1, 0.15) is 5.69 Å². The van der Waals surface area contributed by atoms with E-state index in [1.807, 2.05) is 24.3 Å². The fourth-order valence-electron chi connectivity index (χ4n) is 2.23. The van der Waals surface area contributed by atoms with Gasteiger partial charge in [-0.1, -0.05) is 41.6 Å². The summed E-state index contributed by atoms with van der Waals surface area (Å²) in [5.41, 5.74) is 3.34. The van der Waals surface area contributed by atoms with Gasteiger partial charge in [0, 0.05) is 11.6 Å². The molecule has 3 rings (SSSR count). The summed E-state index contributed by atoms with van der Waals surface area (Å²) in [5, 5.41) is 4.15. The van der Waals surface area contributed by atoms with Gasteiger partial charge in [-0.15, -0.1) is 0 Å². The van der Waals surface area contributed by atoms with Crippen LogP contribution in [0, 0.1) is 0 Å². The van der Waals surface area contributed by atoms with Crippen LogP contribution in [0.1, 0.15) is 31.4 Å². The van der Waals surface area contributed by atoms with Gasteiger partial charge in [0.15, 0.2) is 5.76 Å². The van der Waals surface area contributed by atoms with Crippen LogP contribution in [0.5, 0.6) is 0 Å². The molecular weight excluding hydrogens is 210 g/mol. The molecule has 17 heavy (non-hydrogen) atoms. The summed E-state index contributed by atoms with van der Waals surface area (Å²) < 4.78 is 5.44. The summed E-state index contributed by atoms with van der Waals surface area (Å²) in [4.78, 5) is 0. The lowest BCUT2D eigenvalue weighted by Gasteiger charge is -2.08. The van der Waals surface area contributed by atoms with E-state index in [2.05, 4.69) is 23.4 Å². The van der Waals surface area contributed by atoms with Crippen LogP contribution in [-0.2, 0) is 0 Å². The quantitative estimate of drug-likeness (QED) is 0.761. The molecule has 0 radical (unpaired) electrons. The first-order valence-electron chi connectivity index (χ1n) is 6.15. The first-order valence-corrected chi connectivity index (χ1v) is 6.15. The first-order chi connectivity index (χ1) is 8.43. The lowest BCUT2D eigenvalue weighted by Crippen LogP contribution is -1.89. The van der Waals surface area contributed by atoms with Crippen molar-refractivity contribution in [3.05, 3.63) is 48.2 Å². The van der Waals surface area contributed by atoms with Crippen molar-refractivity contribution in [3.8, 4) is 11.3 Å². The number of nitrogens with zero attached hydrogens (tertiary/aromatic N) is 1. The summed E-state index contributed by atoms with van der Waals surface area (Å²) in [6.45, 7) is 0. The summed E-state index contributed by atoms with van der Waals surface area (Å²) in [6.07, 6.45) is 7.11. The standard InChI is InChI=1S/C15H15NO/c1-3-7-12(8-4-1)14-11-15(17-16-14)13-9-5-2-6-10-13/h1,3-4,7-9,11H,2,5-6,10H2. The minimum Gasteiger partial charge on any atom is -0.356 e. The molecule has 0 saturated heterocycles. The number of benzene rings is 1. The zero-order chi connectivity index (χ0) is 11.5. The lowest BCUT2D eigenvalue weighted by molar-refractivity contribution is 0.410. The van der Waals surface area contributed by atoms with E-state index in [1.165, 1.54) is 18.4 Å². The van der Waals surface area contributed by atoms with Crippen molar-refractivity contribution in [1.82, 2.24) is 5.16 Å². The average Bonchev–Trinajstić information content (AvgIpc) is 2.90. The second-order valence-electron chi connectivity index (χ2n) is 4.42. The predicted octanol–water partition coefficient (Wildman–Crippen LogP) is 4.30. The Kier molecular flexibility index (Phi) is 2.78. The van der Waals surface area contributed by atoms with E-state index in [0.717, 1.165) is 29.9 Å². The summed E-state index contributed by atoms with van der Waals surface area (Å²) in [6, 6.07) is 12.2. The van der Waals surface area contributed by atoms with E-state index in [4.69, 9.17) is 4.52 Å². The number of hydrogen-bond acceptors (Lipinski definition) is 2. The van der Waals surface area contributed by atoms with Gasteiger partial charge < -0.3 is 4.52 Å². The van der Waals surface area contributed by atoms with Crippen LogP contribution < -0.4 is 0 Å². The second kappa shape index (κ2) is 4.58. The van der Waals surface area contributed by atoms with E-state index < -0.39 is 0 Å². The van der Waals surface area contributed by atoms with E-state index >= 15 is 0 Å². The summed E-state index contributed by atoms with van der Waals surface area (Å²) >= 11 is 0. The number of hydrogen-bond donors (Lipinski definition) is 0. The van der Waals surface area contributed by atoms with E-state index in [-0.39, 0.29) is 0 Å². The van der Waals surface area contributed by atoms with Gasteiger partial charge in [-0.05, 0) is 31.3 Å². The molecule has 0 unspecified atom stereocenters. The Hall–Kier alpha value is -1.83. The van der Waals surface area contributed by atoms with Crippen molar-refractivity contribution in [1.29, 1.82) is 0 Å². The first kappa shape index (κ1) is 10.3. The smallest absolute Gasteiger partial charge is 0.163 e. The third-order valence-electron chi connectivity index (χ3n) is 3.19. The maximum atomic E-state index is 5.44. The molecule has 0 spiro atoms. The lowest BCUT2D eigenvalue weighted by atomic mass is 9.97. The van der Waals surface area contributed by atoms with Gasteiger partial charge in [0.25, 0.3) is 0 Å². The maximum Gasteiger partial charge on any atom is 0.163 e. The summed E-state index contributed by atoms with van der Waals surface area (Å²) in [5.74, 6) is 0.934. The molecule has 0 atom stereocenters. The number of aromatic nitrogens is 1. The number of allylic oxidation sites excluding steroid dienone is 2. The van der Waals surface area contributed by atoms with Gasteiger partial charge in [0.2, 0.25) is 0 Å². The van der Waals surface area contributed by atoms with Gasteiger partial charge in [-0.2, -0.15) is 0 Å². The molecule has 2 heteroatoms. The SMILES string of the molecule is C1=C(c2cc(-c3ccccc3)no2)CCCC1. The molecule has 0 fully saturated rings. The van der Waals surface area contributed by atoms with Gasteiger partial charge >= 0.3 is 0 Å². The van der Waals surface area contributed by atoms with Crippen molar-refractivity contribution in [2.45, 2.75) is 25.7 Å². The fraction of sp³-hybridized carbons (Fsp3) is 0.267. The highest BCUT2D eigenvalue weighted by molar-refractivity contribution is 5.67. The molecule has 0 saturated carbocycles. The Labute approximate surface area is 101 Å². The molecule has 2 nitrogen and oxygen atoms in total. The van der Waals surface area contributed by atoms with Crippen molar-refractivity contribution in [2.24, 2.45) is 0 Å². The minimum absolute atomic E-state index is 0.923. The Morgan fingerprint density at radius 2 is 1.94 bits per heavy atom. The van der Waals surface area contributed by atoms with Crippen LogP contribution in [0.25, 0.3) is 16.8 Å². The van der Waals surface area contributed by atoms with E-state index in [9.17, 15) is 0 Å². The second-order valence-corrected chi connectivity index (χ2v) is 4.42. The third kappa shape index (κ3) is 2.16. The van der Waals surface area contributed by atoms with Gasteiger partial charge in [-0.3, -0.25) is 0 Å². The molecule has 86 valence electrons. The molecule has 2 aromatic rings. The molecule has 0 N–H and O–H groups in total. The van der Waals surface area contributed by atoms with Crippen LogP contribution in [0.2, 0.25) is 0 Å². The molecule has 0 amide bonds. The average molecular weight is 225 g/mol. The summed E-state index contributed by atoms with van der Waals surface area (Å²) in [7, 11) is 0. The Bertz CT molecular complexity index is 525. The molecule has 1 aromatic carbocycles. The van der Waals surface area contributed by atoms with Gasteiger partial charge in [-0.25, -0.2) is 0 Å². The highest BCUT2D eigenvalue weighted by Crippen LogP contribution is 2.29. The molecule has 1 heterocycles. The van der Waals surface area contributed by atoms with Gasteiger partial charge in [0.05, 0.1) is 0 Å². The molecule has 1 aromatic heterocycles. The van der Waals surface area contributed by atoms with E-state index in [1.54, 1.807) is 0 Å². The number of rotatable bonds is 2.